The van der Waals surface area contributed by atoms with Crippen molar-refractivity contribution in [3.05, 3.63) is 41.7 Å². The molecule has 0 saturated carbocycles. The number of halogens is 1. The second kappa shape index (κ2) is 4.40. The van der Waals surface area contributed by atoms with E-state index in [1.807, 2.05) is 14.0 Å². The minimum atomic E-state index is -0.239. The van der Waals surface area contributed by atoms with Crippen molar-refractivity contribution in [1.82, 2.24) is 20.1 Å². The topological polar surface area (TPSA) is 42.7 Å². The standard InChI is InChI=1S/C11H13FN4/c1-8-5-9(12)3-4-10(8)16-11(6-13-2)14-7-15-16/h3-5,7,13H,6H2,1-2H3. The molecule has 16 heavy (non-hydrogen) atoms. The quantitative estimate of drug-likeness (QED) is 0.851. The highest BCUT2D eigenvalue weighted by Crippen LogP contribution is 2.15. The van der Waals surface area contributed by atoms with Gasteiger partial charge in [-0.25, -0.2) is 14.1 Å². The average Bonchev–Trinajstić information content (AvgIpc) is 2.67. The van der Waals surface area contributed by atoms with Gasteiger partial charge in [-0.15, -0.1) is 0 Å². The van der Waals surface area contributed by atoms with Crippen molar-refractivity contribution in [2.75, 3.05) is 7.05 Å². The maximum absolute atomic E-state index is 13.0. The summed E-state index contributed by atoms with van der Waals surface area (Å²) in [4.78, 5) is 4.14. The van der Waals surface area contributed by atoms with Gasteiger partial charge in [-0.2, -0.15) is 5.10 Å². The first kappa shape index (κ1) is 10.8. The van der Waals surface area contributed by atoms with E-state index < -0.39 is 0 Å². The fourth-order valence-corrected chi connectivity index (χ4v) is 1.60. The number of hydrogen-bond acceptors (Lipinski definition) is 3. The molecular formula is C11H13FN4. The molecule has 2 rings (SSSR count). The predicted molar refractivity (Wildman–Crippen MR) is 58.8 cm³/mol. The van der Waals surface area contributed by atoms with Crippen LogP contribution in [0.2, 0.25) is 0 Å². The average molecular weight is 220 g/mol. The third-order valence-corrected chi connectivity index (χ3v) is 2.34. The zero-order valence-corrected chi connectivity index (χ0v) is 9.24. The Morgan fingerprint density at radius 3 is 2.94 bits per heavy atom. The molecule has 84 valence electrons. The Morgan fingerprint density at radius 2 is 2.25 bits per heavy atom. The molecule has 5 heteroatoms. The van der Waals surface area contributed by atoms with Crippen LogP contribution in [0.25, 0.3) is 5.69 Å². The minimum Gasteiger partial charge on any atom is -0.313 e. The molecule has 0 aliphatic heterocycles. The molecular weight excluding hydrogens is 207 g/mol. The van der Waals surface area contributed by atoms with Crippen molar-refractivity contribution in [3.63, 3.8) is 0 Å². The molecule has 1 aromatic heterocycles. The van der Waals surface area contributed by atoms with E-state index >= 15 is 0 Å². The summed E-state index contributed by atoms with van der Waals surface area (Å²) < 4.78 is 14.7. The van der Waals surface area contributed by atoms with E-state index in [1.54, 1.807) is 10.7 Å². The largest absolute Gasteiger partial charge is 0.313 e. The molecule has 1 N–H and O–H groups in total. The summed E-state index contributed by atoms with van der Waals surface area (Å²) in [5.41, 5.74) is 1.69. The number of rotatable bonds is 3. The van der Waals surface area contributed by atoms with Crippen LogP contribution in [-0.2, 0) is 6.54 Å². The lowest BCUT2D eigenvalue weighted by Crippen LogP contribution is -2.12. The third-order valence-electron chi connectivity index (χ3n) is 2.34. The third kappa shape index (κ3) is 1.94. The second-order valence-corrected chi connectivity index (χ2v) is 3.55. The highest BCUT2D eigenvalue weighted by Gasteiger charge is 2.08. The van der Waals surface area contributed by atoms with Crippen LogP contribution >= 0.6 is 0 Å². The van der Waals surface area contributed by atoms with Crippen molar-refractivity contribution in [2.45, 2.75) is 13.5 Å². The lowest BCUT2D eigenvalue weighted by molar-refractivity contribution is 0.624. The van der Waals surface area contributed by atoms with Crippen LogP contribution in [-0.4, -0.2) is 21.8 Å². The Morgan fingerprint density at radius 1 is 1.44 bits per heavy atom. The highest BCUT2D eigenvalue weighted by atomic mass is 19.1. The Labute approximate surface area is 93.1 Å². The van der Waals surface area contributed by atoms with Gasteiger partial charge in [0.1, 0.15) is 18.0 Å². The molecule has 0 aliphatic carbocycles. The smallest absolute Gasteiger partial charge is 0.146 e. The summed E-state index contributed by atoms with van der Waals surface area (Å²) >= 11 is 0. The van der Waals surface area contributed by atoms with Crippen LogP contribution in [0.15, 0.2) is 24.5 Å². The molecule has 0 fully saturated rings. The molecule has 0 spiro atoms. The van der Waals surface area contributed by atoms with E-state index in [4.69, 9.17) is 0 Å². The summed E-state index contributed by atoms with van der Waals surface area (Å²) in [7, 11) is 1.84. The van der Waals surface area contributed by atoms with Crippen LogP contribution in [0.4, 0.5) is 4.39 Å². The van der Waals surface area contributed by atoms with Gasteiger partial charge in [-0.05, 0) is 37.7 Å². The first-order valence-corrected chi connectivity index (χ1v) is 5.02. The Balaban J connectivity index is 2.46. The highest BCUT2D eigenvalue weighted by molar-refractivity contribution is 5.40. The molecule has 1 aromatic carbocycles. The monoisotopic (exact) mass is 220 g/mol. The van der Waals surface area contributed by atoms with Gasteiger partial charge in [0, 0.05) is 0 Å². The van der Waals surface area contributed by atoms with E-state index in [0.717, 1.165) is 17.1 Å². The number of nitrogens with zero attached hydrogens (tertiary/aromatic N) is 3. The number of aryl methyl sites for hydroxylation is 1. The number of hydrogen-bond donors (Lipinski definition) is 1. The maximum atomic E-state index is 13.0. The van der Waals surface area contributed by atoms with E-state index in [0.29, 0.717) is 6.54 Å². The lowest BCUT2D eigenvalue weighted by atomic mass is 10.2. The summed E-state index contributed by atoms with van der Waals surface area (Å²) in [6.07, 6.45) is 1.50. The molecule has 0 atom stereocenters. The molecule has 0 saturated heterocycles. The van der Waals surface area contributed by atoms with Crippen molar-refractivity contribution < 1.29 is 4.39 Å². The Kier molecular flexibility index (Phi) is 2.96. The summed E-state index contributed by atoms with van der Waals surface area (Å²) in [5, 5.41) is 7.15. The van der Waals surface area contributed by atoms with Crippen molar-refractivity contribution in [1.29, 1.82) is 0 Å². The SMILES string of the molecule is CNCc1ncnn1-c1ccc(F)cc1C. The number of nitrogens with one attached hydrogen (secondary N) is 1. The molecule has 0 aliphatic rings. The van der Waals surface area contributed by atoms with Crippen LogP contribution in [0, 0.1) is 12.7 Å². The normalized spacial score (nSPS) is 10.7. The summed E-state index contributed by atoms with van der Waals surface area (Å²) in [5.74, 6) is 0.564. The molecule has 4 nitrogen and oxygen atoms in total. The van der Waals surface area contributed by atoms with Gasteiger partial charge in [-0.1, -0.05) is 0 Å². The number of benzene rings is 1. The molecule has 0 unspecified atom stereocenters. The molecule has 0 bridgehead atoms. The molecule has 0 amide bonds. The molecule has 0 radical (unpaired) electrons. The fraction of sp³-hybridized carbons (Fsp3) is 0.273. The summed E-state index contributed by atoms with van der Waals surface area (Å²) in [6.45, 7) is 2.47. The minimum absolute atomic E-state index is 0.239. The van der Waals surface area contributed by atoms with Crippen LogP contribution in [0.5, 0.6) is 0 Å². The van der Waals surface area contributed by atoms with Crippen LogP contribution in [0.3, 0.4) is 0 Å². The van der Waals surface area contributed by atoms with Crippen molar-refractivity contribution in [3.8, 4) is 5.69 Å². The van der Waals surface area contributed by atoms with E-state index in [9.17, 15) is 4.39 Å². The van der Waals surface area contributed by atoms with Gasteiger partial charge in [-0.3, -0.25) is 0 Å². The van der Waals surface area contributed by atoms with Gasteiger partial charge < -0.3 is 5.32 Å². The van der Waals surface area contributed by atoms with E-state index in [1.165, 1.54) is 18.5 Å². The second-order valence-electron chi connectivity index (χ2n) is 3.55. The Bertz CT molecular complexity index is 492. The van der Waals surface area contributed by atoms with Gasteiger partial charge in [0.15, 0.2) is 0 Å². The van der Waals surface area contributed by atoms with Crippen molar-refractivity contribution >= 4 is 0 Å². The van der Waals surface area contributed by atoms with E-state index in [2.05, 4.69) is 15.4 Å². The first-order valence-electron chi connectivity index (χ1n) is 5.02. The van der Waals surface area contributed by atoms with Gasteiger partial charge in [0.25, 0.3) is 0 Å². The molecule has 1 heterocycles. The van der Waals surface area contributed by atoms with Crippen molar-refractivity contribution in [2.24, 2.45) is 0 Å². The zero-order chi connectivity index (χ0) is 11.5. The maximum Gasteiger partial charge on any atom is 0.146 e. The van der Waals surface area contributed by atoms with Crippen LogP contribution in [0.1, 0.15) is 11.4 Å². The zero-order valence-electron chi connectivity index (χ0n) is 9.24. The number of aromatic nitrogens is 3. The van der Waals surface area contributed by atoms with E-state index in [-0.39, 0.29) is 5.82 Å². The van der Waals surface area contributed by atoms with Gasteiger partial charge >= 0.3 is 0 Å². The van der Waals surface area contributed by atoms with Gasteiger partial charge in [0.05, 0.1) is 12.2 Å². The molecule has 2 aromatic rings. The predicted octanol–water partition coefficient (Wildman–Crippen LogP) is 1.43. The lowest BCUT2D eigenvalue weighted by Gasteiger charge is -2.08. The van der Waals surface area contributed by atoms with Gasteiger partial charge in [0.2, 0.25) is 0 Å². The van der Waals surface area contributed by atoms with Crippen LogP contribution < -0.4 is 5.32 Å². The summed E-state index contributed by atoms with van der Waals surface area (Å²) in [6, 6.07) is 4.62. The Hall–Kier alpha value is -1.75. The fourth-order valence-electron chi connectivity index (χ4n) is 1.60. The first-order chi connectivity index (χ1) is 7.72.